The summed E-state index contributed by atoms with van der Waals surface area (Å²) >= 11 is 5.98. The maximum absolute atomic E-state index is 5.98. The minimum Gasteiger partial charge on any atom is -0.379 e. The first kappa shape index (κ1) is 12.1. The van der Waals surface area contributed by atoms with Crippen molar-refractivity contribution in [2.45, 2.75) is 13.5 Å². The first-order valence-corrected chi connectivity index (χ1v) is 6.52. The molecule has 3 nitrogen and oxygen atoms in total. The fraction of sp³-hybridized carbons (Fsp3) is 0.133. The van der Waals surface area contributed by atoms with Crippen LogP contribution in [0.2, 0.25) is 5.02 Å². The quantitative estimate of drug-likeness (QED) is 0.752. The Balaban J connectivity index is 1.84. The first-order chi connectivity index (χ1) is 9.24. The maximum Gasteiger partial charge on any atom is 0.0559 e. The van der Waals surface area contributed by atoms with Gasteiger partial charge in [-0.25, -0.2) is 0 Å². The van der Waals surface area contributed by atoms with Crippen molar-refractivity contribution in [1.82, 2.24) is 9.97 Å². The number of aryl methyl sites for hydroxylation is 1. The first-order valence-electron chi connectivity index (χ1n) is 6.14. The highest BCUT2D eigenvalue weighted by molar-refractivity contribution is 6.31. The fourth-order valence-electron chi connectivity index (χ4n) is 2.14. The van der Waals surface area contributed by atoms with E-state index in [9.17, 15) is 0 Å². The maximum atomic E-state index is 5.98. The van der Waals surface area contributed by atoms with Crippen LogP contribution in [0.25, 0.3) is 10.9 Å². The van der Waals surface area contributed by atoms with Crippen molar-refractivity contribution in [2.24, 2.45) is 0 Å². The van der Waals surface area contributed by atoms with Gasteiger partial charge >= 0.3 is 0 Å². The highest BCUT2D eigenvalue weighted by Gasteiger charge is 2.04. The molecule has 0 amide bonds. The molecule has 0 aliphatic heterocycles. The Labute approximate surface area is 116 Å². The molecule has 0 spiro atoms. The van der Waals surface area contributed by atoms with Crippen LogP contribution in [0.1, 0.15) is 11.1 Å². The molecule has 0 fully saturated rings. The number of fused-ring (bicyclic) bond motifs is 1. The van der Waals surface area contributed by atoms with Gasteiger partial charge in [-0.05, 0) is 36.2 Å². The number of halogens is 1. The molecule has 0 aliphatic rings. The van der Waals surface area contributed by atoms with Crippen LogP contribution in [0.4, 0.5) is 5.69 Å². The van der Waals surface area contributed by atoms with E-state index in [0.717, 1.165) is 22.8 Å². The third-order valence-electron chi connectivity index (χ3n) is 3.24. The van der Waals surface area contributed by atoms with Crippen LogP contribution in [0.5, 0.6) is 0 Å². The number of hydrogen-bond donors (Lipinski definition) is 2. The van der Waals surface area contributed by atoms with Gasteiger partial charge in [-0.1, -0.05) is 17.7 Å². The minimum atomic E-state index is 0.747. The van der Waals surface area contributed by atoms with Gasteiger partial charge in [0.2, 0.25) is 0 Å². The predicted molar refractivity (Wildman–Crippen MR) is 79.6 cm³/mol. The molecule has 0 radical (unpaired) electrons. The number of aromatic nitrogens is 2. The van der Waals surface area contributed by atoms with Crippen LogP contribution in [-0.2, 0) is 6.54 Å². The summed E-state index contributed by atoms with van der Waals surface area (Å²) in [6.07, 6.45) is 5.66. The van der Waals surface area contributed by atoms with Crippen molar-refractivity contribution in [3.05, 3.63) is 59.0 Å². The number of benzene rings is 1. The van der Waals surface area contributed by atoms with Crippen molar-refractivity contribution in [2.75, 3.05) is 5.32 Å². The van der Waals surface area contributed by atoms with E-state index in [2.05, 4.69) is 22.2 Å². The van der Waals surface area contributed by atoms with E-state index in [4.69, 9.17) is 11.6 Å². The Hall–Kier alpha value is -2.00. The van der Waals surface area contributed by atoms with E-state index in [1.54, 1.807) is 6.20 Å². The zero-order valence-electron chi connectivity index (χ0n) is 10.6. The topological polar surface area (TPSA) is 40.7 Å². The molecular weight excluding hydrogens is 258 g/mol. The predicted octanol–water partition coefficient (Wildman–Crippen LogP) is 4.14. The van der Waals surface area contributed by atoms with Gasteiger partial charge in [0.25, 0.3) is 0 Å². The summed E-state index contributed by atoms with van der Waals surface area (Å²) in [5.74, 6) is 0. The van der Waals surface area contributed by atoms with Gasteiger partial charge in [0, 0.05) is 34.9 Å². The standard InChI is InChI=1S/C15H14ClN3/c1-10-4-5-17-9-15(10)19-8-11-7-18-14-6-12(16)2-3-13(11)14/h2-7,9,18-19H,8H2,1H3. The number of H-pyrrole nitrogens is 1. The molecule has 0 aliphatic carbocycles. The van der Waals surface area contributed by atoms with Crippen LogP contribution in [0, 0.1) is 6.92 Å². The Morgan fingerprint density at radius 2 is 2.21 bits per heavy atom. The van der Waals surface area contributed by atoms with Crippen LogP contribution in [0.15, 0.2) is 42.9 Å². The Kier molecular flexibility index (Phi) is 3.13. The Morgan fingerprint density at radius 1 is 1.32 bits per heavy atom. The average Bonchev–Trinajstić information content (AvgIpc) is 2.80. The summed E-state index contributed by atoms with van der Waals surface area (Å²) in [6.45, 7) is 2.83. The fourth-order valence-corrected chi connectivity index (χ4v) is 2.32. The van der Waals surface area contributed by atoms with Crippen molar-refractivity contribution < 1.29 is 0 Å². The second-order valence-electron chi connectivity index (χ2n) is 4.55. The molecule has 0 saturated heterocycles. The highest BCUT2D eigenvalue weighted by atomic mass is 35.5. The Bertz CT molecular complexity index is 718. The number of anilines is 1. The highest BCUT2D eigenvalue weighted by Crippen LogP contribution is 2.23. The minimum absolute atomic E-state index is 0.747. The van der Waals surface area contributed by atoms with Crippen LogP contribution >= 0.6 is 11.6 Å². The normalized spacial score (nSPS) is 10.8. The number of aromatic amines is 1. The van der Waals surface area contributed by atoms with Gasteiger partial charge in [0.15, 0.2) is 0 Å². The summed E-state index contributed by atoms with van der Waals surface area (Å²) in [5, 5.41) is 5.35. The lowest BCUT2D eigenvalue weighted by atomic mass is 10.1. The molecule has 2 N–H and O–H groups in total. The molecule has 3 aromatic rings. The lowest BCUT2D eigenvalue weighted by molar-refractivity contribution is 1.13. The molecule has 0 unspecified atom stereocenters. The van der Waals surface area contributed by atoms with E-state index in [-0.39, 0.29) is 0 Å². The second-order valence-corrected chi connectivity index (χ2v) is 4.98. The summed E-state index contributed by atoms with van der Waals surface area (Å²) < 4.78 is 0. The van der Waals surface area contributed by atoms with E-state index in [0.29, 0.717) is 0 Å². The summed E-state index contributed by atoms with van der Waals surface area (Å²) in [4.78, 5) is 7.37. The summed E-state index contributed by atoms with van der Waals surface area (Å²) in [5.41, 5.74) is 4.53. The number of rotatable bonds is 3. The van der Waals surface area contributed by atoms with Crippen molar-refractivity contribution in [3.8, 4) is 0 Å². The average molecular weight is 272 g/mol. The van der Waals surface area contributed by atoms with Gasteiger partial charge in [0.1, 0.15) is 0 Å². The smallest absolute Gasteiger partial charge is 0.0559 e. The SMILES string of the molecule is Cc1ccncc1NCc1c[nH]c2cc(Cl)ccc12. The zero-order valence-corrected chi connectivity index (χ0v) is 11.3. The molecule has 96 valence electrons. The van der Waals surface area contributed by atoms with E-state index < -0.39 is 0 Å². The molecule has 2 aromatic heterocycles. The molecule has 2 heterocycles. The van der Waals surface area contributed by atoms with E-state index in [1.807, 2.05) is 36.7 Å². The third kappa shape index (κ3) is 2.42. The molecule has 0 bridgehead atoms. The van der Waals surface area contributed by atoms with Crippen LogP contribution in [0.3, 0.4) is 0 Å². The van der Waals surface area contributed by atoms with Gasteiger partial charge < -0.3 is 10.3 Å². The number of hydrogen-bond acceptors (Lipinski definition) is 2. The summed E-state index contributed by atoms with van der Waals surface area (Å²) in [6, 6.07) is 7.89. The molecule has 3 rings (SSSR count). The third-order valence-corrected chi connectivity index (χ3v) is 3.47. The molecule has 4 heteroatoms. The molecule has 1 aromatic carbocycles. The number of nitrogens with zero attached hydrogens (tertiary/aromatic N) is 1. The molecule has 0 saturated carbocycles. The zero-order chi connectivity index (χ0) is 13.2. The van der Waals surface area contributed by atoms with Gasteiger partial charge in [-0.15, -0.1) is 0 Å². The van der Waals surface area contributed by atoms with E-state index >= 15 is 0 Å². The number of pyridine rings is 1. The number of nitrogens with one attached hydrogen (secondary N) is 2. The summed E-state index contributed by atoms with van der Waals surface area (Å²) in [7, 11) is 0. The van der Waals surface area contributed by atoms with E-state index in [1.165, 1.54) is 16.5 Å². The van der Waals surface area contributed by atoms with Crippen molar-refractivity contribution in [3.63, 3.8) is 0 Å². The molecule has 19 heavy (non-hydrogen) atoms. The Morgan fingerprint density at radius 3 is 3.05 bits per heavy atom. The molecular formula is C15H14ClN3. The van der Waals surface area contributed by atoms with Gasteiger partial charge in [-0.3, -0.25) is 4.98 Å². The largest absolute Gasteiger partial charge is 0.379 e. The lowest BCUT2D eigenvalue weighted by Crippen LogP contribution is -2.00. The van der Waals surface area contributed by atoms with Crippen molar-refractivity contribution >= 4 is 28.2 Å². The second kappa shape index (κ2) is 4.94. The molecule has 0 atom stereocenters. The van der Waals surface area contributed by atoms with Gasteiger partial charge in [-0.2, -0.15) is 0 Å². The monoisotopic (exact) mass is 271 g/mol. The lowest BCUT2D eigenvalue weighted by Gasteiger charge is -2.07. The van der Waals surface area contributed by atoms with Crippen molar-refractivity contribution in [1.29, 1.82) is 0 Å². The van der Waals surface area contributed by atoms with Crippen LogP contribution < -0.4 is 5.32 Å². The van der Waals surface area contributed by atoms with Crippen LogP contribution in [-0.4, -0.2) is 9.97 Å². The van der Waals surface area contributed by atoms with Gasteiger partial charge in [0.05, 0.1) is 11.9 Å².